The monoisotopic (exact) mass is 437 g/mol. The largest absolute Gasteiger partial charge is 0.377 e. The normalized spacial score (nSPS) is 10.8. The molecule has 4 nitrogen and oxygen atoms in total. The zero-order valence-electron chi connectivity index (χ0n) is 12.9. The molecular formula is C17H17Br2N3O. The SMILES string of the molecule is CN(C)c1ccc(/C=N\NC(=O)Cc2ccc(Br)cc2)cc1Br. The second-order valence-corrected chi connectivity index (χ2v) is 6.97. The second kappa shape index (κ2) is 8.26. The van der Waals surface area contributed by atoms with Crippen LogP contribution in [-0.4, -0.2) is 26.2 Å². The molecule has 0 radical (unpaired) electrons. The summed E-state index contributed by atoms with van der Waals surface area (Å²) in [6.07, 6.45) is 1.93. The van der Waals surface area contributed by atoms with Crippen LogP contribution in [-0.2, 0) is 11.2 Å². The number of hydrogen-bond acceptors (Lipinski definition) is 3. The third-order valence-corrected chi connectivity index (χ3v) is 4.30. The fourth-order valence-corrected chi connectivity index (χ4v) is 2.99. The summed E-state index contributed by atoms with van der Waals surface area (Å²) in [7, 11) is 3.96. The van der Waals surface area contributed by atoms with Gasteiger partial charge in [-0.3, -0.25) is 4.79 Å². The van der Waals surface area contributed by atoms with E-state index in [1.165, 1.54) is 0 Å². The van der Waals surface area contributed by atoms with Crippen molar-refractivity contribution in [3.05, 3.63) is 62.5 Å². The molecule has 23 heavy (non-hydrogen) atoms. The Labute approximate surface area is 152 Å². The predicted octanol–water partition coefficient (Wildman–Crippen LogP) is 3.97. The molecule has 0 spiro atoms. The maximum Gasteiger partial charge on any atom is 0.244 e. The molecule has 0 atom stereocenters. The van der Waals surface area contributed by atoms with Crippen LogP contribution in [0.2, 0.25) is 0 Å². The highest BCUT2D eigenvalue weighted by Gasteiger charge is 2.03. The molecule has 2 aromatic carbocycles. The van der Waals surface area contributed by atoms with Crippen molar-refractivity contribution in [2.24, 2.45) is 5.10 Å². The van der Waals surface area contributed by atoms with E-state index in [9.17, 15) is 4.79 Å². The maximum atomic E-state index is 11.8. The van der Waals surface area contributed by atoms with Crippen LogP contribution in [0.15, 0.2) is 56.5 Å². The van der Waals surface area contributed by atoms with Crippen molar-refractivity contribution in [3.63, 3.8) is 0 Å². The minimum absolute atomic E-state index is 0.146. The lowest BCUT2D eigenvalue weighted by molar-refractivity contribution is -0.120. The molecule has 2 aromatic rings. The van der Waals surface area contributed by atoms with Gasteiger partial charge in [-0.15, -0.1) is 0 Å². The number of anilines is 1. The first kappa shape index (κ1) is 17.7. The van der Waals surface area contributed by atoms with Crippen LogP contribution < -0.4 is 10.3 Å². The molecule has 0 aliphatic rings. The van der Waals surface area contributed by atoms with Crippen molar-refractivity contribution in [2.75, 3.05) is 19.0 Å². The van der Waals surface area contributed by atoms with Crippen molar-refractivity contribution < 1.29 is 4.79 Å². The second-order valence-electron chi connectivity index (χ2n) is 5.20. The Bertz CT molecular complexity index is 712. The Morgan fingerprint density at radius 2 is 1.87 bits per heavy atom. The van der Waals surface area contributed by atoms with E-state index in [-0.39, 0.29) is 5.91 Å². The van der Waals surface area contributed by atoms with Gasteiger partial charge in [-0.2, -0.15) is 5.10 Å². The molecular weight excluding hydrogens is 422 g/mol. The number of nitrogens with zero attached hydrogens (tertiary/aromatic N) is 2. The van der Waals surface area contributed by atoms with Crippen LogP contribution in [0.4, 0.5) is 5.69 Å². The number of nitrogens with one attached hydrogen (secondary N) is 1. The molecule has 2 rings (SSSR count). The molecule has 1 amide bonds. The minimum Gasteiger partial charge on any atom is -0.377 e. The number of halogens is 2. The van der Waals surface area contributed by atoms with E-state index >= 15 is 0 Å². The van der Waals surface area contributed by atoms with E-state index in [1.54, 1.807) is 6.21 Å². The van der Waals surface area contributed by atoms with Gasteiger partial charge in [0.25, 0.3) is 0 Å². The summed E-state index contributed by atoms with van der Waals surface area (Å²) in [5, 5.41) is 4.00. The van der Waals surface area contributed by atoms with Gasteiger partial charge in [-0.25, -0.2) is 5.43 Å². The van der Waals surface area contributed by atoms with E-state index in [4.69, 9.17) is 0 Å². The average molecular weight is 439 g/mol. The summed E-state index contributed by atoms with van der Waals surface area (Å²) >= 11 is 6.89. The topological polar surface area (TPSA) is 44.7 Å². The molecule has 0 aliphatic heterocycles. The van der Waals surface area contributed by atoms with Gasteiger partial charge >= 0.3 is 0 Å². The summed E-state index contributed by atoms with van der Waals surface area (Å²) in [4.78, 5) is 13.9. The summed E-state index contributed by atoms with van der Waals surface area (Å²) in [6.45, 7) is 0. The van der Waals surface area contributed by atoms with Crippen LogP contribution in [0.3, 0.4) is 0 Å². The van der Waals surface area contributed by atoms with Gasteiger partial charge in [0.1, 0.15) is 0 Å². The summed E-state index contributed by atoms with van der Waals surface area (Å²) in [6, 6.07) is 13.5. The Balaban J connectivity index is 1.92. The first-order valence-corrected chi connectivity index (χ1v) is 8.57. The van der Waals surface area contributed by atoms with Crippen molar-refractivity contribution in [1.29, 1.82) is 0 Å². The molecule has 0 bridgehead atoms. The first-order chi connectivity index (χ1) is 11.0. The number of benzene rings is 2. The molecule has 0 fully saturated rings. The van der Waals surface area contributed by atoms with E-state index in [0.717, 1.165) is 25.8 Å². The molecule has 120 valence electrons. The highest BCUT2D eigenvalue weighted by atomic mass is 79.9. The van der Waals surface area contributed by atoms with Gasteiger partial charge in [0.15, 0.2) is 0 Å². The Kier molecular flexibility index (Phi) is 6.36. The number of carbonyl (C=O) groups excluding carboxylic acids is 1. The van der Waals surface area contributed by atoms with Crippen molar-refractivity contribution in [2.45, 2.75) is 6.42 Å². The van der Waals surface area contributed by atoms with Crippen LogP contribution in [0, 0.1) is 0 Å². The number of amides is 1. The van der Waals surface area contributed by atoms with Gasteiger partial charge in [-0.05, 0) is 51.3 Å². The summed E-state index contributed by atoms with van der Waals surface area (Å²) in [5.41, 5.74) is 5.48. The molecule has 0 heterocycles. The smallest absolute Gasteiger partial charge is 0.244 e. The van der Waals surface area contributed by atoms with E-state index in [0.29, 0.717) is 6.42 Å². The van der Waals surface area contributed by atoms with Crippen LogP contribution in [0.1, 0.15) is 11.1 Å². The number of hydrogen-bond donors (Lipinski definition) is 1. The number of carbonyl (C=O) groups is 1. The number of hydrazone groups is 1. The van der Waals surface area contributed by atoms with E-state index in [1.807, 2.05) is 61.5 Å². The average Bonchev–Trinajstić information content (AvgIpc) is 2.49. The van der Waals surface area contributed by atoms with E-state index in [2.05, 4.69) is 42.4 Å². The molecule has 0 aliphatic carbocycles. The van der Waals surface area contributed by atoms with Gasteiger partial charge in [0.2, 0.25) is 5.91 Å². The molecule has 6 heteroatoms. The third kappa shape index (κ3) is 5.48. The van der Waals surface area contributed by atoms with Crippen LogP contribution in [0.25, 0.3) is 0 Å². The molecule has 0 aromatic heterocycles. The molecule has 1 N–H and O–H groups in total. The van der Waals surface area contributed by atoms with Gasteiger partial charge < -0.3 is 4.90 Å². The van der Waals surface area contributed by atoms with Gasteiger partial charge in [-0.1, -0.05) is 34.1 Å². The summed E-state index contributed by atoms with van der Waals surface area (Å²) in [5.74, 6) is -0.146. The summed E-state index contributed by atoms with van der Waals surface area (Å²) < 4.78 is 1.97. The lowest BCUT2D eigenvalue weighted by atomic mass is 10.1. The minimum atomic E-state index is -0.146. The maximum absolute atomic E-state index is 11.8. The first-order valence-electron chi connectivity index (χ1n) is 6.99. The number of rotatable bonds is 5. The quantitative estimate of drug-likeness (QED) is 0.567. The van der Waals surface area contributed by atoms with Crippen molar-refractivity contribution in [1.82, 2.24) is 5.43 Å². The lowest BCUT2D eigenvalue weighted by Crippen LogP contribution is -2.19. The molecule has 0 unspecified atom stereocenters. The van der Waals surface area contributed by atoms with Crippen LogP contribution in [0.5, 0.6) is 0 Å². The highest BCUT2D eigenvalue weighted by molar-refractivity contribution is 9.10. The zero-order chi connectivity index (χ0) is 16.8. The molecule has 0 saturated heterocycles. The zero-order valence-corrected chi connectivity index (χ0v) is 16.1. The van der Waals surface area contributed by atoms with E-state index < -0.39 is 0 Å². The highest BCUT2D eigenvalue weighted by Crippen LogP contribution is 2.25. The Hall–Kier alpha value is -1.66. The fraction of sp³-hybridized carbons (Fsp3) is 0.176. The fourth-order valence-electron chi connectivity index (χ4n) is 1.97. The molecule has 0 saturated carbocycles. The lowest BCUT2D eigenvalue weighted by Gasteiger charge is -2.14. The van der Waals surface area contributed by atoms with Crippen molar-refractivity contribution >= 4 is 49.7 Å². The third-order valence-electron chi connectivity index (χ3n) is 3.13. The Morgan fingerprint density at radius 1 is 1.17 bits per heavy atom. The van der Waals surface area contributed by atoms with Crippen LogP contribution >= 0.6 is 31.9 Å². The van der Waals surface area contributed by atoms with Gasteiger partial charge in [0, 0.05) is 23.0 Å². The van der Waals surface area contributed by atoms with Crippen molar-refractivity contribution in [3.8, 4) is 0 Å². The van der Waals surface area contributed by atoms with Gasteiger partial charge in [0.05, 0.1) is 18.3 Å². The Morgan fingerprint density at radius 3 is 2.48 bits per heavy atom. The standard InChI is InChI=1S/C17H17Br2N3O/c1-22(2)16-8-5-13(9-15(16)19)11-20-21-17(23)10-12-3-6-14(18)7-4-12/h3-9,11H,10H2,1-2H3,(H,21,23)/b20-11-. The predicted molar refractivity (Wildman–Crippen MR) is 102 cm³/mol.